The Bertz CT molecular complexity index is 290. The lowest BCUT2D eigenvalue weighted by Gasteiger charge is -2.18. The summed E-state index contributed by atoms with van der Waals surface area (Å²) in [6.07, 6.45) is 0. The standard InChI is InChI=1S/C11H15F2N/c1-7(2)8(3)14-11-5-9(12)4-10(13)6-11/h4-8,14H,1-3H3. The summed E-state index contributed by atoms with van der Waals surface area (Å²) >= 11 is 0. The molecule has 0 saturated carbocycles. The molecule has 14 heavy (non-hydrogen) atoms. The molecular formula is C11H15F2N. The highest BCUT2D eigenvalue weighted by Gasteiger charge is 2.07. The number of hydrogen-bond acceptors (Lipinski definition) is 1. The van der Waals surface area contributed by atoms with Crippen molar-refractivity contribution in [2.24, 2.45) is 5.92 Å². The lowest BCUT2D eigenvalue weighted by Crippen LogP contribution is -2.21. The van der Waals surface area contributed by atoms with E-state index in [1.54, 1.807) is 0 Å². The van der Waals surface area contributed by atoms with Gasteiger partial charge in [-0.05, 0) is 25.0 Å². The van der Waals surface area contributed by atoms with Crippen molar-refractivity contribution in [2.45, 2.75) is 26.8 Å². The minimum Gasteiger partial charge on any atom is -0.382 e. The number of nitrogens with one attached hydrogen (secondary N) is 1. The van der Waals surface area contributed by atoms with Gasteiger partial charge in [0.2, 0.25) is 0 Å². The third-order valence-electron chi connectivity index (χ3n) is 2.26. The number of benzene rings is 1. The van der Waals surface area contributed by atoms with Gasteiger partial charge in [0.05, 0.1) is 0 Å². The van der Waals surface area contributed by atoms with Gasteiger partial charge in [-0.1, -0.05) is 13.8 Å². The molecule has 1 rings (SSSR count). The molecule has 3 heteroatoms. The van der Waals surface area contributed by atoms with E-state index in [4.69, 9.17) is 0 Å². The molecule has 0 aliphatic rings. The second kappa shape index (κ2) is 4.40. The molecule has 1 aromatic carbocycles. The largest absolute Gasteiger partial charge is 0.382 e. The van der Waals surface area contributed by atoms with Crippen LogP contribution in [0.25, 0.3) is 0 Å². The topological polar surface area (TPSA) is 12.0 Å². The normalized spacial score (nSPS) is 13.0. The van der Waals surface area contributed by atoms with Crippen molar-refractivity contribution >= 4 is 5.69 Å². The lowest BCUT2D eigenvalue weighted by atomic mass is 10.1. The summed E-state index contributed by atoms with van der Waals surface area (Å²) in [5, 5.41) is 3.04. The van der Waals surface area contributed by atoms with Crippen molar-refractivity contribution < 1.29 is 8.78 Å². The van der Waals surface area contributed by atoms with Gasteiger partial charge in [0.25, 0.3) is 0 Å². The van der Waals surface area contributed by atoms with E-state index in [0.29, 0.717) is 11.6 Å². The first-order chi connectivity index (χ1) is 6.49. The molecule has 0 spiro atoms. The molecule has 0 aliphatic heterocycles. The maximum absolute atomic E-state index is 12.8. The van der Waals surface area contributed by atoms with Gasteiger partial charge in [-0.3, -0.25) is 0 Å². The fourth-order valence-electron chi connectivity index (χ4n) is 1.07. The first-order valence-corrected chi connectivity index (χ1v) is 4.71. The lowest BCUT2D eigenvalue weighted by molar-refractivity contribution is 0.555. The monoisotopic (exact) mass is 199 g/mol. The molecule has 1 unspecified atom stereocenters. The van der Waals surface area contributed by atoms with Crippen LogP contribution in [0.4, 0.5) is 14.5 Å². The Morgan fingerprint density at radius 3 is 1.93 bits per heavy atom. The fourth-order valence-corrected chi connectivity index (χ4v) is 1.07. The van der Waals surface area contributed by atoms with Gasteiger partial charge < -0.3 is 5.32 Å². The minimum absolute atomic E-state index is 0.191. The van der Waals surface area contributed by atoms with E-state index in [9.17, 15) is 8.78 Å². The average Bonchev–Trinajstić information content (AvgIpc) is 2.01. The molecule has 1 atom stereocenters. The summed E-state index contributed by atoms with van der Waals surface area (Å²) in [6.45, 7) is 6.08. The summed E-state index contributed by atoms with van der Waals surface area (Å²) in [4.78, 5) is 0. The Kier molecular flexibility index (Phi) is 3.44. The van der Waals surface area contributed by atoms with Gasteiger partial charge in [0.1, 0.15) is 11.6 Å². The minimum atomic E-state index is -0.552. The molecular weight excluding hydrogens is 184 g/mol. The van der Waals surface area contributed by atoms with E-state index in [2.05, 4.69) is 5.32 Å². The van der Waals surface area contributed by atoms with Crippen LogP contribution < -0.4 is 5.32 Å². The third kappa shape index (κ3) is 2.98. The molecule has 0 aromatic heterocycles. The van der Waals surface area contributed by atoms with Crippen molar-refractivity contribution in [1.29, 1.82) is 0 Å². The zero-order valence-electron chi connectivity index (χ0n) is 8.64. The molecule has 0 amide bonds. The highest BCUT2D eigenvalue weighted by atomic mass is 19.1. The zero-order chi connectivity index (χ0) is 10.7. The van der Waals surface area contributed by atoms with Crippen molar-refractivity contribution in [3.8, 4) is 0 Å². The van der Waals surface area contributed by atoms with Crippen LogP contribution in [0.3, 0.4) is 0 Å². The van der Waals surface area contributed by atoms with E-state index >= 15 is 0 Å². The molecule has 0 saturated heterocycles. The van der Waals surface area contributed by atoms with Gasteiger partial charge in [0.15, 0.2) is 0 Å². The predicted octanol–water partition coefficient (Wildman–Crippen LogP) is 3.42. The summed E-state index contributed by atoms with van der Waals surface area (Å²) in [5.74, 6) is -0.687. The molecule has 1 nitrogen and oxygen atoms in total. The van der Waals surface area contributed by atoms with Crippen LogP contribution in [0.1, 0.15) is 20.8 Å². The number of halogens is 2. The van der Waals surface area contributed by atoms with Crippen molar-refractivity contribution in [3.05, 3.63) is 29.8 Å². The fraction of sp³-hybridized carbons (Fsp3) is 0.455. The highest BCUT2D eigenvalue weighted by Crippen LogP contribution is 2.15. The molecule has 0 aliphatic carbocycles. The summed E-state index contributed by atoms with van der Waals surface area (Å²) in [5.41, 5.74) is 0.490. The van der Waals surface area contributed by atoms with Gasteiger partial charge in [0, 0.05) is 17.8 Å². The highest BCUT2D eigenvalue weighted by molar-refractivity contribution is 5.44. The SMILES string of the molecule is CC(C)C(C)Nc1cc(F)cc(F)c1. The van der Waals surface area contributed by atoms with Gasteiger partial charge >= 0.3 is 0 Å². The second-order valence-corrected chi connectivity index (χ2v) is 3.84. The summed E-state index contributed by atoms with van der Waals surface area (Å²) in [6, 6.07) is 3.64. The van der Waals surface area contributed by atoms with Gasteiger partial charge in [-0.25, -0.2) is 8.78 Å². The van der Waals surface area contributed by atoms with Gasteiger partial charge in [-0.15, -0.1) is 0 Å². The predicted molar refractivity (Wildman–Crippen MR) is 54.3 cm³/mol. The number of hydrogen-bond donors (Lipinski definition) is 1. The Hall–Kier alpha value is -1.12. The molecule has 1 N–H and O–H groups in total. The molecule has 0 fully saturated rings. The zero-order valence-corrected chi connectivity index (χ0v) is 8.64. The van der Waals surface area contributed by atoms with E-state index in [0.717, 1.165) is 6.07 Å². The quantitative estimate of drug-likeness (QED) is 0.786. The maximum atomic E-state index is 12.8. The Morgan fingerprint density at radius 2 is 1.50 bits per heavy atom. The average molecular weight is 199 g/mol. The van der Waals surface area contributed by atoms with E-state index in [1.165, 1.54) is 12.1 Å². The molecule has 0 heterocycles. The van der Waals surface area contributed by atoms with Crippen LogP contribution in [0, 0.1) is 17.6 Å². The molecule has 1 aromatic rings. The Morgan fingerprint density at radius 1 is 1.00 bits per heavy atom. The first-order valence-electron chi connectivity index (χ1n) is 4.71. The summed E-state index contributed by atoms with van der Waals surface area (Å²) in [7, 11) is 0. The van der Waals surface area contributed by atoms with Crippen molar-refractivity contribution in [3.63, 3.8) is 0 Å². The maximum Gasteiger partial charge on any atom is 0.128 e. The Balaban J connectivity index is 2.76. The van der Waals surface area contributed by atoms with Crippen LogP contribution in [-0.2, 0) is 0 Å². The van der Waals surface area contributed by atoms with Crippen LogP contribution in [0.15, 0.2) is 18.2 Å². The van der Waals surface area contributed by atoms with Crippen LogP contribution in [0.2, 0.25) is 0 Å². The molecule has 78 valence electrons. The second-order valence-electron chi connectivity index (χ2n) is 3.84. The van der Waals surface area contributed by atoms with Gasteiger partial charge in [-0.2, -0.15) is 0 Å². The number of rotatable bonds is 3. The van der Waals surface area contributed by atoms with E-state index in [-0.39, 0.29) is 6.04 Å². The van der Waals surface area contributed by atoms with Crippen LogP contribution in [0.5, 0.6) is 0 Å². The van der Waals surface area contributed by atoms with Crippen molar-refractivity contribution in [1.82, 2.24) is 0 Å². The molecule has 0 bridgehead atoms. The van der Waals surface area contributed by atoms with Crippen LogP contribution >= 0.6 is 0 Å². The first kappa shape index (κ1) is 11.0. The smallest absolute Gasteiger partial charge is 0.128 e. The Labute approximate surface area is 83.1 Å². The summed E-state index contributed by atoms with van der Waals surface area (Å²) < 4.78 is 25.6. The van der Waals surface area contributed by atoms with E-state index in [1.807, 2.05) is 20.8 Å². The third-order valence-corrected chi connectivity index (χ3v) is 2.26. The van der Waals surface area contributed by atoms with E-state index < -0.39 is 11.6 Å². The number of anilines is 1. The van der Waals surface area contributed by atoms with Crippen molar-refractivity contribution in [2.75, 3.05) is 5.32 Å². The molecule has 0 radical (unpaired) electrons. The van der Waals surface area contributed by atoms with Crippen LogP contribution in [-0.4, -0.2) is 6.04 Å².